The highest BCUT2D eigenvalue weighted by Gasteiger charge is 2.24. The van der Waals surface area contributed by atoms with Gasteiger partial charge in [0.15, 0.2) is 0 Å². The minimum atomic E-state index is -1.07. The summed E-state index contributed by atoms with van der Waals surface area (Å²) >= 11 is 0. The molecule has 13 heteroatoms. The third kappa shape index (κ3) is 12.7. The first-order chi connectivity index (χ1) is 21.2. The van der Waals surface area contributed by atoms with Gasteiger partial charge in [0, 0.05) is 6.20 Å². The molecular weight excluding hydrogens is 582 g/mol. The highest BCUT2D eigenvalue weighted by Crippen LogP contribution is 2.14. The Hall–Kier alpha value is -5.46. The quantitative estimate of drug-likeness (QED) is 0.176. The maximum Gasteiger partial charge on any atom is 0.408 e. The predicted molar refractivity (Wildman–Crippen MR) is 167 cm³/mol. The smallest absolute Gasteiger partial charge is 0.408 e. The molecule has 5 N–H and O–H groups in total. The largest absolute Gasteiger partial charge is 0.467 e. The van der Waals surface area contributed by atoms with Gasteiger partial charge >= 0.3 is 12.1 Å². The van der Waals surface area contributed by atoms with Gasteiger partial charge in [-0.3, -0.25) is 19.2 Å². The van der Waals surface area contributed by atoms with Crippen LogP contribution in [-0.2, 0) is 33.4 Å². The minimum absolute atomic E-state index is 0.0504. The Morgan fingerprint density at radius 3 is 2.00 bits per heavy atom. The molecule has 240 valence electrons. The summed E-state index contributed by atoms with van der Waals surface area (Å²) < 4.78 is 9.81. The van der Waals surface area contributed by atoms with Gasteiger partial charge < -0.3 is 36.1 Å². The summed E-state index contributed by atoms with van der Waals surface area (Å²) in [5, 5.41) is 12.3. The molecule has 2 rings (SSSR count). The monoisotopic (exact) mass is 621 g/mol. The molecule has 2 aromatic carbocycles. The molecule has 0 spiro atoms. The van der Waals surface area contributed by atoms with Crippen LogP contribution in [0.2, 0.25) is 0 Å². The van der Waals surface area contributed by atoms with E-state index in [1.165, 1.54) is 27.0 Å². The lowest BCUT2D eigenvalue weighted by atomic mass is 10.1. The summed E-state index contributed by atoms with van der Waals surface area (Å²) in [6.07, 6.45) is 1.76. The normalized spacial score (nSPS) is 12.9. The molecule has 45 heavy (non-hydrogen) atoms. The number of rotatable bonds is 12. The van der Waals surface area contributed by atoms with Gasteiger partial charge in [-0.05, 0) is 51.8 Å². The van der Waals surface area contributed by atoms with Crippen LogP contribution < -0.4 is 26.6 Å². The molecule has 2 unspecified atom stereocenters. The Kier molecular flexibility index (Phi) is 13.5. The zero-order valence-corrected chi connectivity index (χ0v) is 26.1. The summed E-state index contributed by atoms with van der Waals surface area (Å²) in [6.45, 7) is 7.38. The Morgan fingerprint density at radius 2 is 1.42 bits per heavy atom. The van der Waals surface area contributed by atoms with Crippen molar-refractivity contribution in [3.8, 4) is 0 Å². The lowest BCUT2D eigenvalue weighted by molar-refractivity contribution is -0.144. The first-order valence-electron chi connectivity index (χ1n) is 14.0. The second-order valence-corrected chi connectivity index (χ2v) is 10.7. The van der Waals surface area contributed by atoms with E-state index in [0.717, 1.165) is 6.20 Å². The zero-order chi connectivity index (χ0) is 33.6. The molecular formula is C32H39N5O8. The lowest BCUT2D eigenvalue weighted by Crippen LogP contribution is -2.48. The third-order valence-electron chi connectivity index (χ3n) is 5.76. The molecule has 0 heterocycles. The van der Waals surface area contributed by atoms with Crippen LogP contribution in [-0.4, -0.2) is 67.0 Å². The van der Waals surface area contributed by atoms with Gasteiger partial charge in [-0.25, -0.2) is 9.59 Å². The van der Waals surface area contributed by atoms with Gasteiger partial charge in [0.25, 0.3) is 11.8 Å². The van der Waals surface area contributed by atoms with Crippen molar-refractivity contribution in [2.24, 2.45) is 0 Å². The molecule has 0 aromatic heterocycles. The molecule has 2 aromatic rings. The van der Waals surface area contributed by atoms with E-state index in [4.69, 9.17) is 4.74 Å². The van der Waals surface area contributed by atoms with Crippen LogP contribution in [0.4, 0.5) is 4.79 Å². The number of hydrogen-bond donors (Lipinski definition) is 5. The van der Waals surface area contributed by atoms with Crippen molar-refractivity contribution in [1.29, 1.82) is 0 Å². The van der Waals surface area contributed by atoms with Crippen LogP contribution in [0.3, 0.4) is 0 Å². The van der Waals surface area contributed by atoms with Gasteiger partial charge in [0.05, 0.1) is 19.2 Å². The van der Waals surface area contributed by atoms with Crippen molar-refractivity contribution in [1.82, 2.24) is 26.6 Å². The number of hydrogen-bond acceptors (Lipinski definition) is 8. The van der Waals surface area contributed by atoms with E-state index in [2.05, 4.69) is 31.3 Å². The van der Waals surface area contributed by atoms with Crippen LogP contribution >= 0.6 is 0 Å². The second-order valence-electron chi connectivity index (χ2n) is 10.7. The Balaban J connectivity index is 2.15. The maximum atomic E-state index is 13.1. The Bertz CT molecular complexity index is 1430. The molecule has 0 aliphatic carbocycles. The molecule has 0 saturated heterocycles. The fraction of sp³-hybridized carbons (Fsp3) is 0.312. The van der Waals surface area contributed by atoms with Crippen LogP contribution in [0, 0.1) is 0 Å². The molecule has 2 atom stereocenters. The van der Waals surface area contributed by atoms with Crippen molar-refractivity contribution >= 4 is 47.3 Å². The van der Waals surface area contributed by atoms with Crippen LogP contribution in [0.25, 0.3) is 11.6 Å². The summed E-state index contributed by atoms with van der Waals surface area (Å²) in [6, 6.07) is 15.1. The number of nitrogens with one attached hydrogen (secondary N) is 5. The molecule has 0 aliphatic heterocycles. The highest BCUT2D eigenvalue weighted by molar-refractivity contribution is 6.20. The van der Waals surface area contributed by atoms with E-state index < -0.39 is 59.9 Å². The Morgan fingerprint density at radius 1 is 0.822 bits per heavy atom. The SMILES string of the molecule is COC(=O)C(C)NC(=O)/C(=C/NC(=O)CNC(=O)/C(=C\c1ccccc1)NC(=O)C(C)NC(=O)OC(C)(C)C)c1ccccc1. The minimum Gasteiger partial charge on any atom is -0.467 e. The fourth-order valence-corrected chi connectivity index (χ4v) is 3.53. The number of ether oxygens (including phenoxy) is 2. The lowest BCUT2D eigenvalue weighted by Gasteiger charge is -2.22. The predicted octanol–water partition coefficient (Wildman–Crippen LogP) is 2.01. The van der Waals surface area contributed by atoms with Crippen LogP contribution in [0.1, 0.15) is 45.7 Å². The standard InChI is InChI=1S/C32H39N5O8/c1-20(36-31(43)45-32(3,4)5)27(39)37-25(17-22-13-9-7-10-14-22)29(41)34-19-26(38)33-18-24(23-15-11-8-12-16-23)28(40)35-21(2)30(42)44-6/h7-18,20-21H,19H2,1-6H3,(H,33,38)(H,34,41)(H,35,40)(H,36,43)(H,37,39)/b24-18+,25-17+. The highest BCUT2D eigenvalue weighted by atomic mass is 16.6. The van der Waals surface area contributed by atoms with Gasteiger partial charge in [-0.2, -0.15) is 0 Å². The van der Waals surface area contributed by atoms with E-state index in [-0.39, 0.29) is 11.3 Å². The summed E-state index contributed by atoms with van der Waals surface area (Å²) in [5.74, 6) is -3.47. The summed E-state index contributed by atoms with van der Waals surface area (Å²) in [7, 11) is 1.20. The van der Waals surface area contributed by atoms with Crippen molar-refractivity contribution in [2.45, 2.75) is 52.3 Å². The van der Waals surface area contributed by atoms with Crippen LogP contribution in [0.5, 0.6) is 0 Å². The Labute approximate surface area is 261 Å². The molecule has 5 amide bonds. The second kappa shape index (κ2) is 17.0. The van der Waals surface area contributed by atoms with Crippen molar-refractivity contribution < 1.29 is 38.2 Å². The average Bonchev–Trinajstić information content (AvgIpc) is 2.99. The molecule has 0 bridgehead atoms. The van der Waals surface area contributed by atoms with Crippen molar-refractivity contribution in [2.75, 3.05) is 13.7 Å². The van der Waals surface area contributed by atoms with E-state index in [1.54, 1.807) is 81.4 Å². The maximum absolute atomic E-state index is 13.1. The van der Waals surface area contributed by atoms with Gasteiger partial charge in [-0.15, -0.1) is 0 Å². The van der Waals surface area contributed by atoms with Crippen LogP contribution in [0.15, 0.2) is 72.6 Å². The number of methoxy groups -OCH3 is 1. The molecule has 0 radical (unpaired) electrons. The fourth-order valence-electron chi connectivity index (χ4n) is 3.53. The third-order valence-corrected chi connectivity index (χ3v) is 5.76. The van der Waals surface area contributed by atoms with Crippen molar-refractivity contribution in [3.05, 3.63) is 83.7 Å². The van der Waals surface area contributed by atoms with Gasteiger partial charge in [0.2, 0.25) is 11.8 Å². The number of esters is 1. The zero-order valence-electron chi connectivity index (χ0n) is 26.1. The van der Waals surface area contributed by atoms with E-state index >= 15 is 0 Å². The van der Waals surface area contributed by atoms with E-state index in [9.17, 15) is 28.8 Å². The molecule has 0 fully saturated rings. The molecule has 0 aliphatic rings. The summed E-state index contributed by atoms with van der Waals surface area (Å²) in [5.41, 5.74) is 0.133. The first kappa shape index (κ1) is 35.7. The van der Waals surface area contributed by atoms with E-state index in [1.807, 2.05) is 0 Å². The summed E-state index contributed by atoms with van der Waals surface area (Å²) in [4.78, 5) is 75.4. The van der Waals surface area contributed by atoms with Gasteiger partial charge in [-0.1, -0.05) is 60.7 Å². The average molecular weight is 622 g/mol. The van der Waals surface area contributed by atoms with E-state index in [0.29, 0.717) is 11.1 Å². The number of amides is 5. The number of carbonyl (C=O) groups is 6. The molecule has 13 nitrogen and oxygen atoms in total. The first-order valence-corrected chi connectivity index (χ1v) is 14.0. The van der Waals surface area contributed by atoms with Crippen molar-refractivity contribution in [3.63, 3.8) is 0 Å². The van der Waals surface area contributed by atoms with Gasteiger partial charge in [0.1, 0.15) is 23.4 Å². The number of alkyl carbamates (subject to hydrolysis) is 1. The number of benzene rings is 2. The molecule has 0 saturated carbocycles. The number of carbonyl (C=O) groups excluding carboxylic acids is 6. The topological polar surface area (TPSA) is 181 Å².